The fourth-order valence-electron chi connectivity index (χ4n) is 3.23. The largest absolute Gasteiger partial charge is 0.508 e. The molecule has 1 aliphatic rings. The van der Waals surface area contributed by atoms with Gasteiger partial charge in [0.05, 0.1) is 0 Å². The van der Waals surface area contributed by atoms with Crippen molar-refractivity contribution in [3.63, 3.8) is 0 Å². The van der Waals surface area contributed by atoms with E-state index in [9.17, 15) is 9.50 Å². The molecule has 1 atom stereocenters. The standard InChI is InChI=1S/C20H26FN5O.HI/c1-22-20(24-12-2-4-15-6-8-17(27)9-7-15)25-16-10-13-26(14-16)19-18(21)5-3-11-23-19;/h3,5-9,11,16,27H,2,4,10,12-14H2,1H3,(H2,22,24,25);1H. The number of benzene rings is 1. The van der Waals surface area contributed by atoms with Gasteiger partial charge in [0, 0.05) is 38.9 Å². The van der Waals surface area contributed by atoms with Crippen LogP contribution in [0, 0.1) is 5.82 Å². The Bertz CT molecular complexity index is 771. The number of aryl methyl sites for hydroxylation is 1. The van der Waals surface area contributed by atoms with Crippen LogP contribution in [0.5, 0.6) is 5.75 Å². The number of rotatable bonds is 6. The van der Waals surface area contributed by atoms with Crippen LogP contribution in [0.3, 0.4) is 0 Å². The fraction of sp³-hybridized carbons (Fsp3) is 0.400. The molecule has 0 bridgehead atoms. The van der Waals surface area contributed by atoms with Crippen LogP contribution >= 0.6 is 24.0 Å². The second-order valence-corrected chi connectivity index (χ2v) is 6.65. The average Bonchev–Trinajstić information content (AvgIpc) is 3.14. The van der Waals surface area contributed by atoms with Crippen LogP contribution in [0.25, 0.3) is 0 Å². The van der Waals surface area contributed by atoms with Gasteiger partial charge in [0.25, 0.3) is 0 Å². The van der Waals surface area contributed by atoms with Crippen molar-refractivity contribution in [1.82, 2.24) is 15.6 Å². The third kappa shape index (κ3) is 6.22. The lowest BCUT2D eigenvalue weighted by Gasteiger charge is -2.20. The van der Waals surface area contributed by atoms with Crippen LogP contribution in [0.15, 0.2) is 47.6 Å². The number of phenols is 1. The van der Waals surface area contributed by atoms with Gasteiger partial charge in [0.15, 0.2) is 17.6 Å². The van der Waals surface area contributed by atoms with Gasteiger partial charge in [-0.15, -0.1) is 24.0 Å². The van der Waals surface area contributed by atoms with Crippen molar-refractivity contribution < 1.29 is 9.50 Å². The Morgan fingerprint density at radius 3 is 2.82 bits per heavy atom. The highest BCUT2D eigenvalue weighted by molar-refractivity contribution is 14.0. The van der Waals surface area contributed by atoms with Gasteiger partial charge in [-0.3, -0.25) is 4.99 Å². The zero-order valence-electron chi connectivity index (χ0n) is 15.9. The van der Waals surface area contributed by atoms with Crippen molar-refractivity contribution in [2.24, 2.45) is 4.99 Å². The van der Waals surface area contributed by atoms with E-state index in [-0.39, 0.29) is 41.6 Å². The molecule has 2 aromatic rings. The number of phenolic OH excluding ortho intramolecular Hbond substituents is 1. The van der Waals surface area contributed by atoms with Crippen LogP contribution in [-0.2, 0) is 6.42 Å². The summed E-state index contributed by atoms with van der Waals surface area (Å²) >= 11 is 0. The van der Waals surface area contributed by atoms with Gasteiger partial charge in [-0.2, -0.15) is 0 Å². The lowest BCUT2D eigenvalue weighted by atomic mass is 10.1. The smallest absolute Gasteiger partial charge is 0.191 e. The van der Waals surface area contributed by atoms with Gasteiger partial charge >= 0.3 is 0 Å². The Morgan fingerprint density at radius 1 is 1.32 bits per heavy atom. The molecule has 1 aliphatic heterocycles. The molecular weight excluding hydrogens is 472 g/mol. The number of hydrogen-bond donors (Lipinski definition) is 3. The quantitative estimate of drug-likeness (QED) is 0.247. The second-order valence-electron chi connectivity index (χ2n) is 6.65. The van der Waals surface area contributed by atoms with Crippen molar-refractivity contribution in [1.29, 1.82) is 0 Å². The topological polar surface area (TPSA) is 72.8 Å². The summed E-state index contributed by atoms with van der Waals surface area (Å²) in [5.74, 6) is 1.18. The van der Waals surface area contributed by atoms with Crippen molar-refractivity contribution in [2.45, 2.75) is 25.3 Å². The maximum Gasteiger partial charge on any atom is 0.191 e. The first-order valence-electron chi connectivity index (χ1n) is 9.26. The molecule has 8 heteroatoms. The average molecular weight is 499 g/mol. The number of aliphatic imine (C=N–C) groups is 1. The molecule has 0 aliphatic carbocycles. The third-order valence-corrected chi connectivity index (χ3v) is 4.66. The summed E-state index contributed by atoms with van der Waals surface area (Å²) in [6, 6.07) is 10.5. The van der Waals surface area contributed by atoms with Crippen molar-refractivity contribution >= 4 is 35.8 Å². The summed E-state index contributed by atoms with van der Waals surface area (Å²) in [4.78, 5) is 10.4. The highest BCUT2D eigenvalue weighted by Gasteiger charge is 2.25. The van der Waals surface area contributed by atoms with E-state index < -0.39 is 0 Å². The minimum absolute atomic E-state index is 0. The molecular formula is C20H27FIN5O. The highest BCUT2D eigenvalue weighted by atomic mass is 127. The van der Waals surface area contributed by atoms with Gasteiger partial charge < -0.3 is 20.6 Å². The maximum absolute atomic E-state index is 13.9. The van der Waals surface area contributed by atoms with E-state index in [2.05, 4.69) is 20.6 Å². The molecule has 1 unspecified atom stereocenters. The Kier molecular flexibility index (Phi) is 8.75. The maximum atomic E-state index is 13.9. The molecule has 1 fully saturated rings. The lowest BCUT2D eigenvalue weighted by molar-refractivity contribution is 0.475. The highest BCUT2D eigenvalue weighted by Crippen LogP contribution is 2.20. The summed E-state index contributed by atoms with van der Waals surface area (Å²) < 4.78 is 13.9. The number of anilines is 1. The normalized spacial score (nSPS) is 16.6. The molecule has 1 aromatic carbocycles. The van der Waals surface area contributed by atoms with Crippen LogP contribution in [0.4, 0.5) is 10.2 Å². The molecule has 152 valence electrons. The number of nitrogens with one attached hydrogen (secondary N) is 2. The van der Waals surface area contributed by atoms with Gasteiger partial charge in [-0.05, 0) is 49.1 Å². The summed E-state index contributed by atoms with van der Waals surface area (Å²) in [6.45, 7) is 2.26. The summed E-state index contributed by atoms with van der Waals surface area (Å²) in [6.07, 6.45) is 4.42. The predicted octanol–water partition coefficient (Wildman–Crippen LogP) is 2.92. The van der Waals surface area contributed by atoms with Gasteiger partial charge in [0.1, 0.15) is 5.75 Å². The fourth-order valence-corrected chi connectivity index (χ4v) is 3.23. The molecule has 28 heavy (non-hydrogen) atoms. The molecule has 3 rings (SSSR count). The van der Waals surface area contributed by atoms with E-state index in [1.54, 1.807) is 31.4 Å². The summed E-state index contributed by atoms with van der Waals surface area (Å²) in [7, 11) is 1.75. The van der Waals surface area contributed by atoms with Gasteiger partial charge in [-0.1, -0.05) is 12.1 Å². The SMILES string of the molecule is CN=C(NCCCc1ccc(O)cc1)NC1CCN(c2ncccc2F)C1.I. The Hall–Kier alpha value is -2.10. The monoisotopic (exact) mass is 499 g/mol. The number of nitrogens with zero attached hydrogens (tertiary/aromatic N) is 3. The van der Waals surface area contributed by atoms with Crippen LogP contribution in [0.2, 0.25) is 0 Å². The van der Waals surface area contributed by atoms with Crippen molar-refractivity contribution in [3.8, 4) is 5.75 Å². The molecule has 0 radical (unpaired) electrons. The molecule has 3 N–H and O–H groups in total. The van der Waals surface area contributed by atoms with E-state index in [0.29, 0.717) is 12.4 Å². The number of aromatic nitrogens is 1. The lowest BCUT2D eigenvalue weighted by Crippen LogP contribution is -2.45. The Morgan fingerprint density at radius 2 is 2.11 bits per heavy atom. The van der Waals surface area contributed by atoms with E-state index >= 15 is 0 Å². The Balaban J connectivity index is 0.00000280. The first-order chi connectivity index (χ1) is 13.2. The molecule has 2 heterocycles. The first-order valence-corrected chi connectivity index (χ1v) is 9.26. The van der Waals surface area contributed by atoms with E-state index in [4.69, 9.17) is 0 Å². The third-order valence-electron chi connectivity index (χ3n) is 4.66. The van der Waals surface area contributed by atoms with Crippen LogP contribution < -0.4 is 15.5 Å². The van der Waals surface area contributed by atoms with Crippen molar-refractivity contribution in [2.75, 3.05) is 31.6 Å². The second kappa shape index (κ2) is 11.0. The number of aromatic hydroxyl groups is 1. The number of hydrogen-bond acceptors (Lipinski definition) is 4. The first kappa shape index (κ1) is 22.2. The van der Waals surface area contributed by atoms with Gasteiger partial charge in [-0.25, -0.2) is 9.37 Å². The zero-order valence-corrected chi connectivity index (χ0v) is 18.3. The van der Waals surface area contributed by atoms with Crippen LogP contribution in [0.1, 0.15) is 18.4 Å². The van der Waals surface area contributed by atoms with Crippen LogP contribution in [-0.4, -0.2) is 48.8 Å². The summed E-state index contributed by atoms with van der Waals surface area (Å²) in [5.41, 5.74) is 1.20. The number of halogens is 2. The predicted molar refractivity (Wildman–Crippen MR) is 121 cm³/mol. The van der Waals surface area contributed by atoms with Crippen molar-refractivity contribution in [3.05, 3.63) is 54.0 Å². The molecule has 0 spiro atoms. The zero-order chi connectivity index (χ0) is 19.1. The van der Waals surface area contributed by atoms with Gasteiger partial charge in [0.2, 0.25) is 0 Å². The molecule has 1 aromatic heterocycles. The molecule has 0 saturated carbocycles. The molecule has 0 amide bonds. The summed E-state index contributed by atoms with van der Waals surface area (Å²) in [5, 5.41) is 16.0. The van der Waals surface area contributed by atoms with E-state index in [0.717, 1.165) is 38.3 Å². The minimum Gasteiger partial charge on any atom is -0.508 e. The Labute approximate surface area is 182 Å². The minimum atomic E-state index is -0.283. The van der Waals surface area contributed by atoms with E-state index in [1.165, 1.54) is 11.6 Å². The number of guanidine groups is 1. The number of pyridine rings is 1. The van der Waals surface area contributed by atoms with E-state index in [1.807, 2.05) is 17.0 Å². The molecule has 6 nitrogen and oxygen atoms in total. The molecule has 1 saturated heterocycles.